The molecular formula is C19H18BrN5. The highest BCUT2D eigenvalue weighted by molar-refractivity contribution is 9.10. The lowest BCUT2D eigenvalue weighted by molar-refractivity contribution is 0.242. The molecule has 0 saturated carbocycles. The Balaban J connectivity index is 1.51. The van der Waals surface area contributed by atoms with Crippen molar-refractivity contribution in [2.24, 2.45) is 0 Å². The SMILES string of the molecule is Nc1ccc(-c2ncc3c(n2)CCN(Cc2cncc(Br)c2)C3)cc1. The first-order chi connectivity index (χ1) is 12.2. The van der Waals surface area contributed by atoms with Crippen molar-refractivity contribution in [3.63, 3.8) is 0 Å². The van der Waals surface area contributed by atoms with E-state index in [2.05, 4.69) is 36.9 Å². The van der Waals surface area contributed by atoms with E-state index < -0.39 is 0 Å². The van der Waals surface area contributed by atoms with Gasteiger partial charge in [-0.2, -0.15) is 0 Å². The molecule has 2 N–H and O–H groups in total. The van der Waals surface area contributed by atoms with Gasteiger partial charge in [0.05, 0.1) is 5.69 Å². The number of fused-ring (bicyclic) bond motifs is 1. The molecule has 0 spiro atoms. The van der Waals surface area contributed by atoms with Gasteiger partial charge in [-0.25, -0.2) is 9.97 Å². The van der Waals surface area contributed by atoms with Crippen molar-refractivity contribution in [3.8, 4) is 11.4 Å². The Morgan fingerprint density at radius 3 is 2.76 bits per heavy atom. The minimum atomic E-state index is 0.749. The van der Waals surface area contributed by atoms with Crippen molar-refractivity contribution >= 4 is 21.6 Å². The molecule has 2 aromatic heterocycles. The lowest BCUT2D eigenvalue weighted by Gasteiger charge is -2.28. The van der Waals surface area contributed by atoms with Gasteiger partial charge in [-0.05, 0) is 51.8 Å². The van der Waals surface area contributed by atoms with Crippen molar-refractivity contribution < 1.29 is 0 Å². The average molecular weight is 396 g/mol. The zero-order valence-corrected chi connectivity index (χ0v) is 15.3. The van der Waals surface area contributed by atoms with Crippen LogP contribution in [0.3, 0.4) is 0 Å². The van der Waals surface area contributed by atoms with Crippen LogP contribution < -0.4 is 5.73 Å². The molecule has 3 aromatic rings. The number of aromatic nitrogens is 3. The van der Waals surface area contributed by atoms with Gasteiger partial charge in [0.15, 0.2) is 5.82 Å². The molecule has 1 aliphatic heterocycles. The van der Waals surface area contributed by atoms with Gasteiger partial charge >= 0.3 is 0 Å². The van der Waals surface area contributed by atoms with E-state index in [9.17, 15) is 0 Å². The third kappa shape index (κ3) is 3.70. The molecule has 5 nitrogen and oxygen atoms in total. The third-order valence-electron chi connectivity index (χ3n) is 4.35. The molecule has 4 rings (SSSR count). The lowest BCUT2D eigenvalue weighted by Crippen LogP contribution is -2.31. The molecule has 0 radical (unpaired) electrons. The van der Waals surface area contributed by atoms with Gasteiger partial charge < -0.3 is 5.73 Å². The standard InChI is InChI=1S/C19H18BrN5/c20-16-7-13(8-22-10-16)11-25-6-5-18-15(12-25)9-23-19(24-18)14-1-3-17(21)4-2-14/h1-4,7-10H,5-6,11-12,21H2. The van der Waals surface area contributed by atoms with Crippen LogP contribution in [0.2, 0.25) is 0 Å². The molecule has 3 heterocycles. The van der Waals surface area contributed by atoms with E-state index in [1.807, 2.05) is 42.9 Å². The maximum absolute atomic E-state index is 5.75. The molecular weight excluding hydrogens is 378 g/mol. The van der Waals surface area contributed by atoms with E-state index >= 15 is 0 Å². The molecule has 0 saturated heterocycles. The normalized spacial score (nSPS) is 14.3. The number of nitrogens with two attached hydrogens (primary N) is 1. The number of nitrogen functional groups attached to an aromatic ring is 1. The molecule has 1 aromatic carbocycles. The van der Waals surface area contributed by atoms with Crippen molar-refractivity contribution in [3.05, 3.63) is 70.2 Å². The summed E-state index contributed by atoms with van der Waals surface area (Å²) in [7, 11) is 0. The first kappa shape index (κ1) is 16.2. The smallest absolute Gasteiger partial charge is 0.159 e. The van der Waals surface area contributed by atoms with Crippen LogP contribution in [0.1, 0.15) is 16.8 Å². The summed E-state index contributed by atoms with van der Waals surface area (Å²) in [5.74, 6) is 0.767. The molecule has 6 heteroatoms. The van der Waals surface area contributed by atoms with Crippen LogP contribution in [0.5, 0.6) is 0 Å². The fourth-order valence-electron chi connectivity index (χ4n) is 3.08. The number of halogens is 1. The second kappa shape index (κ2) is 6.90. The van der Waals surface area contributed by atoms with E-state index in [1.165, 1.54) is 11.1 Å². The summed E-state index contributed by atoms with van der Waals surface area (Å²) in [6.45, 7) is 2.73. The third-order valence-corrected chi connectivity index (χ3v) is 4.78. The van der Waals surface area contributed by atoms with Crippen LogP contribution >= 0.6 is 15.9 Å². The molecule has 0 amide bonds. The van der Waals surface area contributed by atoms with Crippen LogP contribution in [0, 0.1) is 0 Å². The van der Waals surface area contributed by atoms with Gasteiger partial charge in [0.1, 0.15) is 0 Å². The van der Waals surface area contributed by atoms with Gasteiger partial charge in [-0.3, -0.25) is 9.88 Å². The summed E-state index contributed by atoms with van der Waals surface area (Å²) >= 11 is 3.48. The molecule has 126 valence electrons. The first-order valence-corrected chi connectivity index (χ1v) is 8.99. The number of rotatable bonds is 3. The van der Waals surface area contributed by atoms with Crippen LogP contribution in [-0.4, -0.2) is 26.4 Å². The summed E-state index contributed by atoms with van der Waals surface area (Å²) in [6.07, 6.45) is 6.61. The highest BCUT2D eigenvalue weighted by atomic mass is 79.9. The van der Waals surface area contributed by atoms with Gasteiger partial charge in [0.25, 0.3) is 0 Å². The molecule has 0 bridgehead atoms. The number of pyridine rings is 1. The lowest BCUT2D eigenvalue weighted by atomic mass is 10.1. The molecule has 0 atom stereocenters. The summed E-state index contributed by atoms with van der Waals surface area (Å²) in [5.41, 5.74) is 11.1. The number of hydrogen-bond donors (Lipinski definition) is 1. The molecule has 25 heavy (non-hydrogen) atoms. The molecule has 0 unspecified atom stereocenters. The second-order valence-electron chi connectivity index (χ2n) is 6.26. The summed E-state index contributed by atoms with van der Waals surface area (Å²) in [4.78, 5) is 16.0. The Kier molecular flexibility index (Phi) is 4.46. The van der Waals surface area contributed by atoms with Crippen molar-refractivity contribution in [2.45, 2.75) is 19.5 Å². The van der Waals surface area contributed by atoms with Crippen molar-refractivity contribution in [2.75, 3.05) is 12.3 Å². The minimum absolute atomic E-state index is 0.749. The van der Waals surface area contributed by atoms with Crippen LogP contribution in [0.4, 0.5) is 5.69 Å². The van der Waals surface area contributed by atoms with Crippen LogP contribution in [-0.2, 0) is 19.5 Å². The second-order valence-corrected chi connectivity index (χ2v) is 7.18. The Bertz CT molecular complexity index is 895. The van der Waals surface area contributed by atoms with E-state index in [1.54, 1.807) is 0 Å². The maximum atomic E-state index is 5.75. The zero-order chi connectivity index (χ0) is 17.2. The van der Waals surface area contributed by atoms with Gasteiger partial charge in [0, 0.05) is 65.9 Å². The fraction of sp³-hybridized carbons (Fsp3) is 0.211. The van der Waals surface area contributed by atoms with Crippen LogP contribution in [0.25, 0.3) is 11.4 Å². The van der Waals surface area contributed by atoms with E-state index in [0.717, 1.165) is 53.3 Å². The quantitative estimate of drug-likeness (QED) is 0.687. The average Bonchev–Trinajstić information content (AvgIpc) is 2.62. The summed E-state index contributed by atoms with van der Waals surface area (Å²) in [6, 6.07) is 9.81. The monoisotopic (exact) mass is 395 g/mol. The predicted octanol–water partition coefficient (Wildman–Crippen LogP) is 3.44. The number of benzene rings is 1. The molecule has 1 aliphatic rings. The highest BCUT2D eigenvalue weighted by Gasteiger charge is 2.19. The number of nitrogens with zero attached hydrogens (tertiary/aromatic N) is 4. The van der Waals surface area contributed by atoms with E-state index in [-0.39, 0.29) is 0 Å². The van der Waals surface area contributed by atoms with Gasteiger partial charge in [0.2, 0.25) is 0 Å². The number of anilines is 1. The maximum Gasteiger partial charge on any atom is 0.159 e. The summed E-state index contributed by atoms with van der Waals surface area (Å²) in [5, 5.41) is 0. The topological polar surface area (TPSA) is 67.9 Å². The largest absolute Gasteiger partial charge is 0.399 e. The van der Waals surface area contributed by atoms with E-state index in [0.29, 0.717) is 0 Å². The van der Waals surface area contributed by atoms with Gasteiger partial charge in [-0.1, -0.05) is 0 Å². The fourth-order valence-corrected chi connectivity index (χ4v) is 3.49. The summed E-state index contributed by atoms with van der Waals surface area (Å²) < 4.78 is 1.01. The number of hydrogen-bond acceptors (Lipinski definition) is 5. The van der Waals surface area contributed by atoms with Crippen LogP contribution in [0.15, 0.2) is 53.4 Å². The molecule has 0 fully saturated rings. The minimum Gasteiger partial charge on any atom is -0.399 e. The van der Waals surface area contributed by atoms with Gasteiger partial charge in [-0.15, -0.1) is 0 Å². The Morgan fingerprint density at radius 1 is 1.12 bits per heavy atom. The predicted molar refractivity (Wildman–Crippen MR) is 102 cm³/mol. The first-order valence-electron chi connectivity index (χ1n) is 8.20. The Morgan fingerprint density at radius 2 is 1.96 bits per heavy atom. The Labute approximate surface area is 155 Å². The highest BCUT2D eigenvalue weighted by Crippen LogP contribution is 2.23. The van der Waals surface area contributed by atoms with Crippen molar-refractivity contribution in [1.82, 2.24) is 19.9 Å². The molecule has 0 aliphatic carbocycles. The van der Waals surface area contributed by atoms with E-state index in [4.69, 9.17) is 10.7 Å². The zero-order valence-electron chi connectivity index (χ0n) is 13.7. The Hall–Kier alpha value is -2.31. The van der Waals surface area contributed by atoms with Crippen molar-refractivity contribution in [1.29, 1.82) is 0 Å².